The van der Waals surface area contributed by atoms with E-state index in [1.54, 1.807) is 6.08 Å². The molecule has 8 unspecified atom stereocenters. The van der Waals surface area contributed by atoms with Gasteiger partial charge in [-0.1, -0.05) is 254 Å². The zero-order valence-electron chi connectivity index (χ0n) is 45.1. The van der Waals surface area contributed by atoms with Crippen LogP contribution in [0.2, 0.25) is 0 Å². The summed E-state index contributed by atoms with van der Waals surface area (Å²) in [6.07, 6.45) is 49.4. The molecule has 71 heavy (non-hydrogen) atoms. The monoisotopic (exact) mass is 1000 g/mol. The van der Waals surface area contributed by atoms with E-state index < -0.39 is 67.4 Å². The van der Waals surface area contributed by atoms with Gasteiger partial charge in [-0.15, -0.1) is 0 Å². The first kappa shape index (κ1) is 66.1. The summed E-state index contributed by atoms with van der Waals surface area (Å²) in [5.74, 6) is -1.24. The number of aliphatic hydroxyl groups is 5. The van der Waals surface area contributed by atoms with Gasteiger partial charge in [0.05, 0.1) is 25.4 Å². The predicted octanol–water partition coefficient (Wildman–Crippen LogP) is 12.8. The molecule has 0 saturated carbocycles. The van der Waals surface area contributed by atoms with Crippen LogP contribution in [0.3, 0.4) is 0 Å². The molecule has 0 aromatic heterocycles. The molecular formula is C60H105NO10. The van der Waals surface area contributed by atoms with Gasteiger partial charge in [-0.3, -0.25) is 9.59 Å². The maximum absolute atomic E-state index is 13.4. The lowest BCUT2D eigenvalue weighted by Crippen LogP contribution is -2.61. The third kappa shape index (κ3) is 36.6. The minimum atomic E-state index is -1.62. The average Bonchev–Trinajstić information content (AvgIpc) is 3.37. The van der Waals surface area contributed by atoms with Crippen molar-refractivity contribution in [1.82, 2.24) is 5.32 Å². The quantitative estimate of drug-likeness (QED) is 0.0149. The van der Waals surface area contributed by atoms with E-state index in [0.717, 1.165) is 64.2 Å². The van der Waals surface area contributed by atoms with Crippen LogP contribution in [0, 0.1) is 0 Å². The number of esters is 1. The van der Waals surface area contributed by atoms with E-state index in [9.17, 15) is 35.1 Å². The number of rotatable bonds is 47. The molecule has 1 fully saturated rings. The molecule has 11 nitrogen and oxygen atoms in total. The van der Waals surface area contributed by atoms with E-state index in [2.05, 4.69) is 32.2 Å². The van der Waals surface area contributed by atoms with Crippen LogP contribution in [-0.2, 0) is 23.8 Å². The van der Waals surface area contributed by atoms with Gasteiger partial charge in [0.2, 0.25) is 5.91 Å². The van der Waals surface area contributed by atoms with Crippen molar-refractivity contribution < 1.29 is 49.3 Å². The molecule has 0 aromatic carbocycles. The van der Waals surface area contributed by atoms with Gasteiger partial charge in [0.15, 0.2) is 12.4 Å². The summed E-state index contributed by atoms with van der Waals surface area (Å²) in [5.41, 5.74) is 0. The minimum Gasteiger partial charge on any atom is -0.454 e. The third-order valence-corrected chi connectivity index (χ3v) is 13.3. The Kier molecular flexibility index (Phi) is 44.8. The van der Waals surface area contributed by atoms with Crippen molar-refractivity contribution in [3.8, 4) is 0 Å². The van der Waals surface area contributed by atoms with Gasteiger partial charge in [0, 0.05) is 6.42 Å². The maximum atomic E-state index is 13.4. The molecule has 1 aliphatic rings. The van der Waals surface area contributed by atoms with Crippen LogP contribution in [-0.4, -0.2) is 99.6 Å². The van der Waals surface area contributed by atoms with Gasteiger partial charge < -0.3 is 45.1 Å². The smallest absolute Gasteiger partial charge is 0.306 e. The van der Waals surface area contributed by atoms with E-state index in [1.165, 1.54) is 122 Å². The zero-order valence-corrected chi connectivity index (χ0v) is 45.1. The zero-order chi connectivity index (χ0) is 51.8. The standard InChI is InChI=1S/C60H105NO10/c1-4-7-10-13-16-19-22-25-27-30-33-36-39-42-45-48-55(65)71-58-57(67)56(66)54(49-62)70-60(58)69-50-51(52(63)46-43-40-37-34-31-28-24-21-18-15-12-9-6-3)61-59(68)53(64)47-44-41-38-35-32-29-26-23-20-17-14-11-8-5-2/h8,11,14,17,20,23,26,29,32,35,43,46,51-54,56-58,60,62-64,66-67H,4-7,9-10,12-13,15-16,18-19,21-22,24-25,27-28,30-31,33-34,36-42,44-45,47-50H2,1-3H3,(H,61,68)/b11-8+,17-14+,23-20-,29-26-,35-32+,46-43+. The molecule has 0 bridgehead atoms. The summed E-state index contributed by atoms with van der Waals surface area (Å²) in [7, 11) is 0. The van der Waals surface area contributed by atoms with E-state index in [0.29, 0.717) is 12.8 Å². The van der Waals surface area contributed by atoms with Crippen molar-refractivity contribution in [3.05, 3.63) is 72.9 Å². The number of hydrogen-bond donors (Lipinski definition) is 6. The molecular weight excluding hydrogens is 895 g/mol. The molecule has 0 aliphatic carbocycles. The summed E-state index contributed by atoms with van der Waals surface area (Å²) in [4.78, 5) is 26.4. The Hall–Kier alpha value is -2.90. The molecule has 1 amide bonds. The lowest BCUT2D eigenvalue weighted by atomic mass is 9.99. The highest BCUT2D eigenvalue weighted by molar-refractivity contribution is 5.80. The fourth-order valence-electron chi connectivity index (χ4n) is 8.67. The minimum absolute atomic E-state index is 0.119. The number of carbonyl (C=O) groups is 2. The highest BCUT2D eigenvalue weighted by Crippen LogP contribution is 2.26. The Morgan fingerprint density at radius 2 is 1.01 bits per heavy atom. The van der Waals surface area contributed by atoms with Crippen LogP contribution in [0.4, 0.5) is 0 Å². The average molecular weight is 1000 g/mol. The second kappa shape index (κ2) is 48.1. The highest BCUT2D eigenvalue weighted by Gasteiger charge is 2.47. The van der Waals surface area contributed by atoms with Crippen LogP contribution in [0.25, 0.3) is 0 Å². The van der Waals surface area contributed by atoms with E-state index in [1.807, 2.05) is 60.8 Å². The van der Waals surface area contributed by atoms with Crippen molar-refractivity contribution in [2.45, 2.75) is 282 Å². The highest BCUT2D eigenvalue weighted by atomic mass is 16.7. The van der Waals surface area contributed by atoms with Crippen LogP contribution in [0.15, 0.2) is 72.9 Å². The molecule has 1 rings (SSSR count). The predicted molar refractivity (Wildman–Crippen MR) is 292 cm³/mol. The van der Waals surface area contributed by atoms with Gasteiger partial charge >= 0.3 is 5.97 Å². The topological polar surface area (TPSA) is 175 Å². The molecule has 6 N–H and O–H groups in total. The molecule has 8 atom stereocenters. The maximum Gasteiger partial charge on any atom is 0.306 e. The van der Waals surface area contributed by atoms with Crippen molar-refractivity contribution in [2.75, 3.05) is 13.2 Å². The van der Waals surface area contributed by atoms with Crippen molar-refractivity contribution >= 4 is 11.9 Å². The Labute approximate surface area is 432 Å². The first-order valence-electron chi connectivity index (χ1n) is 28.8. The summed E-state index contributed by atoms with van der Waals surface area (Å²) >= 11 is 0. The number of ether oxygens (including phenoxy) is 3. The normalized spacial score (nSPS) is 20.1. The number of nitrogens with one attached hydrogen (secondary N) is 1. The van der Waals surface area contributed by atoms with Crippen LogP contribution in [0.5, 0.6) is 0 Å². The molecule has 11 heteroatoms. The first-order valence-corrected chi connectivity index (χ1v) is 28.8. The fourth-order valence-corrected chi connectivity index (χ4v) is 8.67. The van der Waals surface area contributed by atoms with Crippen molar-refractivity contribution in [3.63, 3.8) is 0 Å². The largest absolute Gasteiger partial charge is 0.454 e. The summed E-state index contributed by atoms with van der Waals surface area (Å²) in [5, 5.41) is 56.8. The van der Waals surface area contributed by atoms with E-state index in [4.69, 9.17) is 14.2 Å². The lowest BCUT2D eigenvalue weighted by molar-refractivity contribution is -0.305. The second-order valence-electron chi connectivity index (χ2n) is 19.8. The molecule has 0 aromatic rings. The Morgan fingerprint density at radius 1 is 0.563 bits per heavy atom. The van der Waals surface area contributed by atoms with Gasteiger partial charge in [0.1, 0.15) is 24.4 Å². The number of hydrogen-bond acceptors (Lipinski definition) is 10. The van der Waals surface area contributed by atoms with E-state index >= 15 is 0 Å². The summed E-state index contributed by atoms with van der Waals surface area (Å²) in [6.45, 7) is 5.61. The van der Waals surface area contributed by atoms with Gasteiger partial charge in [0.25, 0.3) is 0 Å². The second-order valence-corrected chi connectivity index (χ2v) is 19.8. The Bertz CT molecular complexity index is 1430. The van der Waals surface area contributed by atoms with Crippen LogP contribution < -0.4 is 5.32 Å². The third-order valence-electron chi connectivity index (χ3n) is 13.3. The van der Waals surface area contributed by atoms with Crippen molar-refractivity contribution in [1.29, 1.82) is 0 Å². The number of amides is 1. The molecule has 0 radical (unpaired) electrons. The Morgan fingerprint density at radius 3 is 1.52 bits per heavy atom. The number of carbonyl (C=O) groups excluding carboxylic acids is 2. The fraction of sp³-hybridized carbons (Fsp3) is 0.767. The molecule has 1 aliphatic heterocycles. The van der Waals surface area contributed by atoms with Gasteiger partial charge in [-0.25, -0.2) is 0 Å². The molecule has 0 spiro atoms. The van der Waals surface area contributed by atoms with E-state index in [-0.39, 0.29) is 19.4 Å². The first-order chi connectivity index (χ1) is 34.7. The van der Waals surface area contributed by atoms with Crippen LogP contribution in [0.1, 0.15) is 233 Å². The molecule has 410 valence electrons. The SMILES string of the molecule is CC/C=C/C=C/C=C\C=C/C=C/CCCCC(O)C(=O)NC(COC1OC(CO)C(O)C(O)C1OC(=O)CCCCCCCCCCCCCCCCC)C(O)/C=C/CCCCCCCCCCCCC. The summed E-state index contributed by atoms with van der Waals surface area (Å²) < 4.78 is 17.6. The lowest BCUT2D eigenvalue weighted by Gasteiger charge is -2.41. The summed E-state index contributed by atoms with van der Waals surface area (Å²) in [6, 6.07) is -1.05. The van der Waals surface area contributed by atoms with Gasteiger partial charge in [-0.2, -0.15) is 0 Å². The molecule has 1 heterocycles. The van der Waals surface area contributed by atoms with Crippen LogP contribution >= 0.6 is 0 Å². The molecule has 1 saturated heterocycles. The number of aliphatic hydroxyl groups excluding tert-OH is 5. The number of allylic oxidation sites excluding steroid dienone is 11. The van der Waals surface area contributed by atoms with Gasteiger partial charge in [-0.05, 0) is 44.9 Å². The van der Waals surface area contributed by atoms with Crippen molar-refractivity contribution in [2.24, 2.45) is 0 Å². The number of unbranched alkanes of at least 4 members (excludes halogenated alkanes) is 27. The Balaban J connectivity index is 2.78.